The molecule has 1 N–H and O–H groups in total. The molecule has 1 aliphatic carbocycles. The fourth-order valence-corrected chi connectivity index (χ4v) is 3.72. The highest BCUT2D eigenvalue weighted by Gasteiger charge is 2.24. The molecule has 0 aliphatic heterocycles. The van der Waals surface area contributed by atoms with E-state index in [0.29, 0.717) is 12.0 Å². The van der Waals surface area contributed by atoms with Gasteiger partial charge in [-0.2, -0.15) is 16.9 Å². The van der Waals surface area contributed by atoms with Gasteiger partial charge in [0.25, 0.3) is 0 Å². The van der Waals surface area contributed by atoms with Gasteiger partial charge in [-0.25, -0.2) is 9.67 Å². The van der Waals surface area contributed by atoms with Crippen LogP contribution in [0.25, 0.3) is 0 Å². The standard InChI is InChI=1S/C14H26N4S/c1-11(2)9-18-14(16-10-17-18)8-15-12-6-4-5-7-13(12)19-3/h10-13,15H,4-9H2,1-3H3. The zero-order valence-corrected chi connectivity index (χ0v) is 13.1. The molecule has 5 heteroatoms. The quantitative estimate of drug-likeness (QED) is 0.871. The number of hydrogen-bond donors (Lipinski definition) is 1. The molecular weight excluding hydrogens is 256 g/mol. The third kappa shape index (κ3) is 4.21. The normalized spacial score (nSPS) is 24.0. The molecule has 0 aromatic carbocycles. The lowest BCUT2D eigenvalue weighted by molar-refractivity contribution is 0.371. The number of nitrogens with zero attached hydrogens (tertiary/aromatic N) is 3. The molecule has 0 bridgehead atoms. The van der Waals surface area contributed by atoms with Crippen molar-refractivity contribution in [3.8, 4) is 0 Å². The summed E-state index contributed by atoms with van der Waals surface area (Å²) in [4.78, 5) is 4.39. The molecule has 2 unspecified atom stereocenters. The van der Waals surface area contributed by atoms with Crippen LogP contribution in [0, 0.1) is 5.92 Å². The molecule has 4 nitrogen and oxygen atoms in total. The van der Waals surface area contributed by atoms with E-state index in [-0.39, 0.29) is 0 Å². The van der Waals surface area contributed by atoms with Gasteiger partial charge in [0.05, 0.1) is 6.54 Å². The van der Waals surface area contributed by atoms with Crippen LogP contribution in [0.1, 0.15) is 45.4 Å². The van der Waals surface area contributed by atoms with E-state index in [2.05, 4.69) is 35.5 Å². The molecule has 0 saturated heterocycles. The first-order chi connectivity index (χ1) is 9.20. The summed E-state index contributed by atoms with van der Waals surface area (Å²) in [6.07, 6.45) is 9.28. The summed E-state index contributed by atoms with van der Waals surface area (Å²) < 4.78 is 2.04. The van der Waals surface area contributed by atoms with Crippen molar-refractivity contribution in [1.82, 2.24) is 20.1 Å². The number of hydrogen-bond acceptors (Lipinski definition) is 4. The van der Waals surface area contributed by atoms with E-state index >= 15 is 0 Å². The van der Waals surface area contributed by atoms with Crippen molar-refractivity contribution in [3.05, 3.63) is 12.2 Å². The predicted octanol–water partition coefficient (Wildman–Crippen LogP) is 2.70. The van der Waals surface area contributed by atoms with Crippen LogP contribution in [0.3, 0.4) is 0 Å². The smallest absolute Gasteiger partial charge is 0.140 e. The van der Waals surface area contributed by atoms with E-state index in [9.17, 15) is 0 Å². The number of aromatic nitrogens is 3. The Morgan fingerprint density at radius 1 is 1.42 bits per heavy atom. The first kappa shape index (κ1) is 14.9. The van der Waals surface area contributed by atoms with Crippen LogP contribution in [-0.2, 0) is 13.1 Å². The SMILES string of the molecule is CSC1CCCCC1NCc1ncnn1CC(C)C. The van der Waals surface area contributed by atoms with Gasteiger partial charge in [0.15, 0.2) is 0 Å². The monoisotopic (exact) mass is 282 g/mol. The van der Waals surface area contributed by atoms with Gasteiger partial charge in [0.2, 0.25) is 0 Å². The molecule has 1 fully saturated rings. The van der Waals surface area contributed by atoms with Crippen LogP contribution < -0.4 is 5.32 Å². The number of rotatable bonds is 6. The maximum atomic E-state index is 4.39. The Morgan fingerprint density at radius 3 is 2.95 bits per heavy atom. The highest BCUT2D eigenvalue weighted by Crippen LogP contribution is 2.27. The molecule has 1 aromatic rings. The van der Waals surface area contributed by atoms with E-state index < -0.39 is 0 Å². The minimum absolute atomic E-state index is 0.606. The summed E-state index contributed by atoms with van der Waals surface area (Å²) in [5.74, 6) is 1.67. The molecule has 2 atom stereocenters. The van der Waals surface area contributed by atoms with Crippen molar-refractivity contribution in [2.75, 3.05) is 6.26 Å². The van der Waals surface area contributed by atoms with Gasteiger partial charge >= 0.3 is 0 Å². The molecule has 1 saturated carbocycles. The van der Waals surface area contributed by atoms with Gasteiger partial charge in [-0.15, -0.1) is 0 Å². The van der Waals surface area contributed by atoms with Crippen LogP contribution in [0.5, 0.6) is 0 Å². The van der Waals surface area contributed by atoms with E-state index in [1.807, 2.05) is 16.4 Å². The summed E-state index contributed by atoms with van der Waals surface area (Å²) >= 11 is 2.00. The third-order valence-corrected chi connectivity index (χ3v) is 4.93. The van der Waals surface area contributed by atoms with E-state index in [1.165, 1.54) is 25.7 Å². The summed E-state index contributed by atoms with van der Waals surface area (Å²) in [6.45, 7) is 6.22. The second-order valence-electron chi connectivity index (χ2n) is 5.80. The Labute approximate surface area is 120 Å². The lowest BCUT2D eigenvalue weighted by atomic mass is 9.95. The molecule has 19 heavy (non-hydrogen) atoms. The van der Waals surface area contributed by atoms with Crippen molar-refractivity contribution >= 4 is 11.8 Å². The van der Waals surface area contributed by atoms with E-state index in [1.54, 1.807) is 6.33 Å². The number of nitrogens with one attached hydrogen (secondary N) is 1. The lowest BCUT2D eigenvalue weighted by Crippen LogP contribution is -2.40. The topological polar surface area (TPSA) is 42.7 Å². The lowest BCUT2D eigenvalue weighted by Gasteiger charge is -2.31. The third-order valence-electron chi connectivity index (χ3n) is 3.76. The van der Waals surface area contributed by atoms with Crippen LogP contribution in [0.2, 0.25) is 0 Å². The molecule has 1 aliphatic rings. The van der Waals surface area contributed by atoms with Crippen molar-refractivity contribution in [2.45, 2.75) is 63.9 Å². The van der Waals surface area contributed by atoms with Crippen molar-refractivity contribution in [2.24, 2.45) is 5.92 Å². The summed E-state index contributed by atoms with van der Waals surface area (Å²) in [6, 6.07) is 0.632. The molecule has 0 spiro atoms. The van der Waals surface area contributed by atoms with Crippen molar-refractivity contribution in [1.29, 1.82) is 0 Å². The van der Waals surface area contributed by atoms with Gasteiger partial charge in [-0.3, -0.25) is 0 Å². The predicted molar refractivity (Wildman–Crippen MR) is 81.3 cm³/mol. The minimum Gasteiger partial charge on any atom is -0.306 e. The second-order valence-corrected chi connectivity index (χ2v) is 6.88. The van der Waals surface area contributed by atoms with Gasteiger partial charge in [-0.05, 0) is 25.0 Å². The van der Waals surface area contributed by atoms with Gasteiger partial charge < -0.3 is 5.32 Å². The van der Waals surface area contributed by atoms with Crippen molar-refractivity contribution < 1.29 is 0 Å². The molecule has 2 rings (SSSR count). The maximum Gasteiger partial charge on any atom is 0.140 e. The molecule has 108 valence electrons. The summed E-state index contributed by atoms with van der Waals surface area (Å²) in [7, 11) is 0. The molecule has 1 aromatic heterocycles. The average molecular weight is 282 g/mol. The zero-order valence-electron chi connectivity index (χ0n) is 12.3. The van der Waals surface area contributed by atoms with Gasteiger partial charge in [0, 0.05) is 17.8 Å². The maximum absolute atomic E-state index is 4.39. The highest BCUT2D eigenvalue weighted by atomic mass is 32.2. The Kier molecular flexibility index (Phi) is 5.70. The van der Waals surface area contributed by atoms with Crippen LogP contribution in [-0.4, -0.2) is 32.3 Å². The zero-order chi connectivity index (χ0) is 13.7. The summed E-state index contributed by atoms with van der Waals surface area (Å²) in [5, 5.41) is 8.77. The van der Waals surface area contributed by atoms with Gasteiger partial charge in [-0.1, -0.05) is 26.7 Å². The molecule has 1 heterocycles. The Morgan fingerprint density at radius 2 is 2.21 bits per heavy atom. The van der Waals surface area contributed by atoms with Crippen LogP contribution in [0.15, 0.2) is 6.33 Å². The molecule has 0 radical (unpaired) electrons. The Hall–Kier alpha value is -0.550. The number of thioether (sulfide) groups is 1. The van der Waals surface area contributed by atoms with E-state index in [4.69, 9.17) is 0 Å². The van der Waals surface area contributed by atoms with Crippen molar-refractivity contribution in [3.63, 3.8) is 0 Å². The second kappa shape index (κ2) is 7.29. The average Bonchev–Trinajstić information content (AvgIpc) is 2.83. The Balaban J connectivity index is 1.89. The first-order valence-corrected chi connectivity index (χ1v) is 8.62. The summed E-state index contributed by atoms with van der Waals surface area (Å²) in [5.41, 5.74) is 0. The minimum atomic E-state index is 0.606. The van der Waals surface area contributed by atoms with Crippen LogP contribution in [0.4, 0.5) is 0 Å². The largest absolute Gasteiger partial charge is 0.306 e. The van der Waals surface area contributed by atoms with Gasteiger partial charge in [0.1, 0.15) is 12.2 Å². The highest BCUT2D eigenvalue weighted by molar-refractivity contribution is 7.99. The van der Waals surface area contributed by atoms with Crippen LogP contribution >= 0.6 is 11.8 Å². The fraction of sp³-hybridized carbons (Fsp3) is 0.857. The first-order valence-electron chi connectivity index (χ1n) is 7.33. The van der Waals surface area contributed by atoms with E-state index in [0.717, 1.165) is 24.2 Å². The molecule has 0 amide bonds. The Bertz CT molecular complexity index is 377. The molecular formula is C14H26N4S. The fourth-order valence-electron chi connectivity index (χ4n) is 2.76.